The van der Waals surface area contributed by atoms with E-state index in [1.165, 1.54) is 7.11 Å². The molecule has 0 aromatic heterocycles. The van der Waals surface area contributed by atoms with Crippen LogP contribution in [-0.2, 0) is 20.7 Å². The number of hydrogen-bond donors (Lipinski definition) is 1. The van der Waals surface area contributed by atoms with Crippen LogP contribution in [0.5, 0.6) is 0 Å². The summed E-state index contributed by atoms with van der Waals surface area (Å²) in [6, 6.07) is 9.51. The minimum Gasteiger partial charge on any atom is -0.469 e. The van der Waals surface area contributed by atoms with Gasteiger partial charge in [0.2, 0.25) is 0 Å². The van der Waals surface area contributed by atoms with Crippen molar-refractivity contribution in [1.29, 1.82) is 0 Å². The number of esters is 1. The molecule has 0 spiro atoms. The molecule has 1 saturated heterocycles. The highest BCUT2D eigenvalue weighted by atomic mass is 32.1. The maximum atomic E-state index is 12.3. The highest BCUT2D eigenvalue weighted by molar-refractivity contribution is 7.80. The molecule has 0 aliphatic carbocycles. The van der Waals surface area contributed by atoms with Gasteiger partial charge in [0.1, 0.15) is 6.04 Å². The van der Waals surface area contributed by atoms with Crippen molar-refractivity contribution in [3.8, 4) is 0 Å². The Kier molecular flexibility index (Phi) is 5.27. The van der Waals surface area contributed by atoms with Crippen LogP contribution in [0, 0.1) is 0 Å². The van der Waals surface area contributed by atoms with Crippen molar-refractivity contribution in [2.45, 2.75) is 25.3 Å². The Morgan fingerprint density at radius 1 is 1.38 bits per heavy atom. The summed E-state index contributed by atoms with van der Waals surface area (Å²) in [5.74, 6) is -0.391. The molecule has 1 aliphatic rings. The number of nitrogens with one attached hydrogen (secondary N) is 1. The van der Waals surface area contributed by atoms with Crippen LogP contribution >= 0.6 is 12.2 Å². The number of ether oxygens (including phenoxy) is 1. The lowest BCUT2D eigenvalue weighted by atomic mass is 10.1. The van der Waals surface area contributed by atoms with E-state index in [1.807, 2.05) is 30.3 Å². The zero-order valence-corrected chi connectivity index (χ0v) is 12.7. The summed E-state index contributed by atoms with van der Waals surface area (Å²) in [5, 5.41) is 3.41. The Balaban J connectivity index is 1.88. The minimum absolute atomic E-state index is 0.0696. The minimum atomic E-state index is -0.424. The normalized spacial score (nSPS) is 17.8. The van der Waals surface area contributed by atoms with E-state index >= 15 is 0 Å². The van der Waals surface area contributed by atoms with Gasteiger partial charge in [0.05, 0.1) is 7.11 Å². The molecular formula is C15H18N2O3S. The zero-order chi connectivity index (χ0) is 15.2. The summed E-state index contributed by atoms with van der Waals surface area (Å²) >= 11 is 5.20. The fourth-order valence-electron chi connectivity index (χ4n) is 2.23. The van der Waals surface area contributed by atoms with Gasteiger partial charge in [-0.05, 0) is 30.6 Å². The van der Waals surface area contributed by atoms with Gasteiger partial charge < -0.3 is 10.1 Å². The van der Waals surface area contributed by atoms with Crippen LogP contribution in [0.3, 0.4) is 0 Å². The fraction of sp³-hybridized carbons (Fsp3) is 0.400. The van der Waals surface area contributed by atoms with Crippen LogP contribution in [0.2, 0.25) is 0 Å². The van der Waals surface area contributed by atoms with Gasteiger partial charge in [-0.15, -0.1) is 0 Å². The van der Waals surface area contributed by atoms with Crippen molar-refractivity contribution in [2.75, 3.05) is 13.7 Å². The number of benzene rings is 1. The van der Waals surface area contributed by atoms with Crippen molar-refractivity contribution in [3.05, 3.63) is 35.9 Å². The fourth-order valence-corrected chi connectivity index (χ4v) is 2.56. The summed E-state index contributed by atoms with van der Waals surface area (Å²) in [7, 11) is 1.34. The molecule has 1 atom stereocenters. The molecule has 21 heavy (non-hydrogen) atoms. The Hall–Kier alpha value is -1.95. The van der Waals surface area contributed by atoms with Gasteiger partial charge in [-0.1, -0.05) is 30.3 Å². The van der Waals surface area contributed by atoms with E-state index in [1.54, 1.807) is 4.90 Å². The van der Waals surface area contributed by atoms with E-state index in [0.29, 0.717) is 18.1 Å². The van der Waals surface area contributed by atoms with E-state index in [9.17, 15) is 9.59 Å². The monoisotopic (exact) mass is 306 g/mol. The first-order valence-corrected chi connectivity index (χ1v) is 7.25. The Morgan fingerprint density at radius 2 is 2.10 bits per heavy atom. The molecule has 1 aromatic rings. The molecule has 0 saturated carbocycles. The summed E-state index contributed by atoms with van der Waals surface area (Å²) < 4.78 is 4.58. The smallest absolute Gasteiger partial charge is 0.305 e. The number of carbonyl (C=O) groups is 2. The SMILES string of the molecule is COC(=O)CCC1NC(=S)N(CCc2ccccc2)C1=O. The molecule has 5 nitrogen and oxygen atoms in total. The highest BCUT2D eigenvalue weighted by Crippen LogP contribution is 2.13. The van der Waals surface area contributed by atoms with E-state index in [-0.39, 0.29) is 18.3 Å². The molecule has 1 unspecified atom stereocenters. The van der Waals surface area contributed by atoms with E-state index < -0.39 is 6.04 Å². The van der Waals surface area contributed by atoms with Crippen LogP contribution in [-0.4, -0.2) is 41.6 Å². The largest absolute Gasteiger partial charge is 0.469 e. The van der Waals surface area contributed by atoms with Crippen molar-refractivity contribution in [3.63, 3.8) is 0 Å². The zero-order valence-electron chi connectivity index (χ0n) is 11.9. The number of methoxy groups -OCH3 is 1. The third-order valence-electron chi connectivity index (χ3n) is 3.44. The molecule has 0 bridgehead atoms. The maximum absolute atomic E-state index is 12.3. The standard InChI is InChI=1S/C15H18N2O3S/c1-20-13(18)8-7-12-14(19)17(15(21)16-12)10-9-11-5-3-2-4-6-11/h2-6,12H,7-10H2,1H3,(H,16,21). The predicted octanol–water partition coefficient (Wildman–Crippen LogP) is 1.27. The van der Waals surface area contributed by atoms with Crippen molar-refractivity contribution in [1.82, 2.24) is 10.2 Å². The molecule has 1 aliphatic heterocycles. The van der Waals surface area contributed by atoms with Crippen LogP contribution in [0.25, 0.3) is 0 Å². The third kappa shape index (κ3) is 4.01. The number of hydrogen-bond acceptors (Lipinski definition) is 4. The van der Waals surface area contributed by atoms with Crippen molar-refractivity contribution >= 4 is 29.2 Å². The summed E-state index contributed by atoms with van der Waals surface area (Å²) in [4.78, 5) is 25.0. The molecule has 2 rings (SSSR count). The van der Waals surface area contributed by atoms with E-state index in [2.05, 4.69) is 10.1 Å². The lowest BCUT2D eigenvalue weighted by molar-refractivity contribution is -0.140. The first-order valence-electron chi connectivity index (χ1n) is 6.84. The lowest BCUT2D eigenvalue weighted by Gasteiger charge is -2.14. The molecule has 112 valence electrons. The molecule has 1 heterocycles. The molecule has 0 radical (unpaired) electrons. The molecule has 1 aromatic carbocycles. The summed E-state index contributed by atoms with van der Waals surface area (Å²) in [6.07, 6.45) is 1.35. The first kappa shape index (κ1) is 15.4. The van der Waals surface area contributed by atoms with Crippen LogP contribution in [0.4, 0.5) is 0 Å². The van der Waals surface area contributed by atoms with E-state index in [0.717, 1.165) is 12.0 Å². The van der Waals surface area contributed by atoms with Crippen LogP contribution in [0.15, 0.2) is 30.3 Å². The van der Waals surface area contributed by atoms with Gasteiger partial charge in [-0.3, -0.25) is 14.5 Å². The van der Waals surface area contributed by atoms with Gasteiger partial charge in [0.25, 0.3) is 5.91 Å². The number of thiocarbonyl (C=S) groups is 1. The Bertz CT molecular complexity index is 533. The van der Waals surface area contributed by atoms with Gasteiger partial charge >= 0.3 is 5.97 Å². The molecular weight excluding hydrogens is 288 g/mol. The number of rotatable bonds is 6. The second-order valence-corrected chi connectivity index (χ2v) is 5.23. The highest BCUT2D eigenvalue weighted by Gasteiger charge is 2.34. The Morgan fingerprint density at radius 3 is 2.76 bits per heavy atom. The van der Waals surface area contributed by atoms with E-state index in [4.69, 9.17) is 12.2 Å². The van der Waals surface area contributed by atoms with Crippen molar-refractivity contribution in [2.24, 2.45) is 0 Å². The predicted molar refractivity (Wildman–Crippen MR) is 82.6 cm³/mol. The number of amides is 1. The van der Waals surface area contributed by atoms with Crippen molar-refractivity contribution < 1.29 is 14.3 Å². The molecule has 6 heteroatoms. The average Bonchev–Trinajstić information content (AvgIpc) is 2.78. The second kappa shape index (κ2) is 7.17. The topological polar surface area (TPSA) is 58.6 Å². The number of nitrogens with zero attached hydrogens (tertiary/aromatic N) is 1. The Labute approximate surface area is 129 Å². The van der Waals surface area contributed by atoms with Gasteiger partial charge in [-0.25, -0.2) is 0 Å². The molecule has 1 amide bonds. The van der Waals surface area contributed by atoms with Crippen LogP contribution in [0.1, 0.15) is 18.4 Å². The van der Waals surface area contributed by atoms with Gasteiger partial charge in [0, 0.05) is 13.0 Å². The third-order valence-corrected chi connectivity index (χ3v) is 3.78. The molecule has 1 N–H and O–H groups in total. The quantitative estimate of drug-likeness (QED) is 0.633. The maximum Gasteiger partial charge on any atom is 0.305 e. The molecule has 1 fully saturated rings. The first-order chi connectivity index (χ1) is 10.1. The summed E-state index contributed by atoms with van der Waals surface area (Å²) in [6.45, 7) is 0.545. The average molecular weight is 306 g/mol. The summed E-state index contributed by atoms with van der Waals surface area (Å²) in [5.41, 5.74) is 1.16. The van der Waals surface area contributed by atoms with Crippen LogP contribution < -0.4 is 5.32 Å². The van der Waals surface area contributed by atoms with Gasteiger partial charge in [-0.2, -0.15) is 0 Å². The second-order valence-electron chi connectivity index (χ2n) is 4.84. The lowest BCUT2D eigenvalue weighted by Crippen LogP contribution is -2.33. The number of carbonyl (C=O) groups excluding carboxylic acids is 2. The van der Waals surface area contributed by atoms with Gasteiger partial charge in [0.15, 0.2) is 5.11 Å².